The van der Waals surface area contributed by atoms with E-state index in [0.29, 0.717) is 12.6 Å². The normalized spacial score (nSPS) is 19.3. The third-order valence-electron chi connectivity index (χ3n) is 5.18. The zero-order chi connectivity index (χ0) is 17.2. The second-order valence-electron chi connectivity index (χ2n) is 6.80. The van der Waals surface area contributed by atoms with E-state index in [1.165, 1.54) is 11.3 Å². The first-order valence-corrected chi connectivity index (χ1v) is 9.14. The first kappa shape index (κ1) is 16.0. The molecule has 2 amide bonds. The first-order chi connectivity index (χ1) is 12.2. The lowest BCUT2D eigenvalue weighted by Crippen LogP contribution is -2.45. The number of benzene rings is 1. The van der Waals surface area contributed by atoms with Crippen molar-refractivity contribution in [2.45, 2.75) is 38.9 Å². The van der Waals surface area contributed by atoms with Gasteiger partial charge >= 0.3 is 6.03 Å². The summed E-state index contributed by atoms with van der Waals surface area (Å²) in [4.78, 5) is 17.1. The second kappa shape index (κ2) is 6.78. The van der Waals surface area contributed by atoms with Gasteiger partial charge in [-0.15, -0.1) is 0 Å². The predicted octanol–water partition coefficient (Wildman–Crippen LogP) is 2.25. The zero-order valence-electron chi connectivity index (χ0n) is 14.7. The standard InChI is InChI=1S/C19H25N5O/c1-2-23-11-8-16(21-23)13-20-19(25)22-9-5-10-24-17(14-22)12-15-6-3-4-7-18(15)24/h3-4,6-8,11,17H,2,5,9-10,12-14H2,1H3,(H,20,25). The van der Waals surface area contributed by atoms with Crippen LogP contribution in [0.2, 0.25) is 0 Å². The average Bonchev–Trinajstić information content (AvgIpc) is 3.17. The van der Waals surface area contributed by atoms with Gasteiger partial charge in [0, 0.05) is 38.1 Å². The molecule has 4 rings (SSSR count). The molecule has 6 nitrogen and oxygen atoms in total. The van der Waals surface area contributed by atoms with Gasteiger partial charge < -0.3 is 15.1 Å². The van der Waals surface area contributed by atoms with Crippen LogP contribution in [0.4, 0.5) is 10.5 Å². The van der Waals surface area contributed by atoms with Crippen molar-refractivity contribution in [2.75, 3.05) is 24.5 Å². The molecule has 2 aliphatic heterocycles. The molecule has 1 aromatic heterocycles. The number of anilines is 1. The minimum atomic E-state index is 0.0175. The van der Waals surface area contributed by atoms with Gasteiger partial charge in [-0.2, -0.15) is 5.10 Å². The van der Waals surface area contributed by atoms with E-state index in [2.05, 4.69) is 46.5 Å². The van der Waals surface area contributed by atoms with E-state index in [-0.39, 0.29) is 6.03 Å². The monoisotopic (exact) mass is 339 g/mol. The lowest BCUT2D eigenvalue weighted by molar-refractivity contribution is 0.197. The van der Waals surface area contributed by atoms with Gasteiger partial charge in [-0.25, -0.2) is 4.79 Å². The van der Waals surface area contributed by atoms with Crippen molar-refractivity contribution >= 4 is 11.7 Å². The summed E-state index contributed by atoms with van der Waals surface area (Å²) in [6.45, 7) is 5.99. The Morgan fingerprint density at radius 2 is 2.16 bits per heavy atom. The predicted molar refractivity (Wildman–Crippen MR) is 97.6 cm³/mol. The van der Waals surface area contributed by atoms with E-state index in [9.17, 15) is 4.79 Å². The van der Waals surface area contributed by atoms with Crippen LogP contribution in [0.25, 0.3) is 0 Å². The van der Waals surface area contributed by atoms with Crippen LogP contribution < -0.4 is 10.2 Å². The number of urea groups is 1. The number of aryl methyl sites for hydroxylation is 1. The average molecular weight is 339 g/mol. The van der Waals surface area contributed by atoms with E-state index in [4.69, 9.17) is 0 Å². The third-order valence-corrected chi connectivity index (χ3v) is 5.18. The quantitative estimate of drug-likeness (QED) is 0.933. The molecule has 132 valence electrons. The molecular weight excluding hydrogens is 314 g/mol. The summed E-state index contributed by atoms with van der Waals surface area (Å²) < 4.78 is 1.88. The number of carbonyl (C=O) groups is 1. The molecule has 2 aliphatic rings. The number of nitrogens with one attached hydrogen (secondary N) is 1. The van der Waals surface area contributed by atoms with Crippen LogP contribution in [0.5, 0.6) is 0 Å². The van der Waals surface area contributed by atoms with Gasteiger partial charge in [0.1, 0.15) is 0 Å². The summed E-state index contributed by atoms with van der Waals surface area (Å²) in [5.41, 5.74) is 3.65. The first-order valence-electron chi connectivity index (χ1n) is 9.14. The summed E-state index contributed by atoms with van der Waals surface area (Å²) in [7, 11) is 0. The number of rotatable bonds is 3. The summed E-state index contributed by atoms with van der Waals surface area (Å²) >= 11 is 0. The van der Waals surface area contributed by atoms with Crippen molar-refractivity contribution in [3.05, 3.63) is 47.8 Å². The smallest absolute Gasteiger partial charge is 0.317 e. The number of nitrogens with zero attached hydrogens (tertiary/aromatic N) is 4. The van der Waals surface area contributed by atoms with Crippen LogP contribution in [0.3, 0.4) is 0 Å². The second-order valence-corrected chi connectivity index (χ2v) is 6.80. The Morgan fingerprint density at radius 3 is 3.00 bits per heavy atom. The number of para-hydroxylation sites is 1. The fourth-order valence-corrected chi connectivity index (χ4v) is 3.90. The molecule has 1 aromatic carbocycles. The summed E-state index contributed by atoms with van der Waals surface area (Å²) in [5, 5.41) is 7.45. The van der Waals surface area contributed by atoms with Crippen LogP contribution in [0, 0.1) is 0 Å². The number of hydrogen-bond acceptors (Lipinski definition) is 3. The molecular formula is C19H25N5O. The minimum absolute atomic E-state index is 0.0175. The Labute approximate surface area is 148 Å². The molecule has 1 unspecified atom stereocenters. The maximum atomic E-state index is 12.6. The number of aromatic nitrogens is 2. The molecule has 2 aromatic rings. The van der Waals surface area contributed by atoms with Gasteiger partial charge in [0.15, 0.2) is 0 Å². The Hall–Kier alpha value is -2.50. The molecule has 6 heteroatoms. The van der Waals surface area contributed by atoms with E-state index in [0.717, 1.165) is 44.7 Å². The van der Waals surface area contributed by atoms with Crippen molar-refractivity contribution in [1.82, 2.24) is 20.0 Å². The molecule has 1 saturated heterocycles. The molecule has 0 saturated carbocycles. The SMILES string of the molecule is CCn1ccc(CNC(=O)N2CCCN3c4ccccc4CC3C2)n1. The van der Waals surface area contributed by atoms with Crippen molar-refractivity contribution in [3.8, 4) is 0 Å². The molecule has 25 heavy (non-hydrogen) atoms. The topological polar surface area (TPSA) is 53.4 Å². The Kier molecular flexibility index (Phi) is 4.34. The molecule has 0 bridgehead atoms. The van der Waals surface area contributed by atoms with E-state index >= 15 is 0 Å². The van der Waals surface area contributed by atoms with Gasteiger partial charge in [-0.1, -0.05) is 18.2 Å². The lowest BCUT2D eigenvalue weighted by atomic mass is 10.1. The largest absolute Gasteiger partial charge is 0.366 e. The van der Waals surface area contributed by atoms with Gasteiger partial charge in [0.05, 0.1) is 18.3 Å². The molecule has 1 atom stereocenters. The van der Waals surface area contributed by atoms with Crippen molar-refractivity contribution in [1.29, 1.82) is 0 Å². The van der Waals surface area contributed by atoms with Gasteiger partial charge in [0.2, 0.25) is 0 Å². The fourth-order valence-electron chi connectivity index (χ4n) is 3.90. The highest BCUT2D eigenvalue weighted by Gasteiger charge is 2.33. The van der Waals surface area contributed by atoms with Crippen LogP contribution in [0.1, 0.15) is 24.6 Å². The van der Waals surface area contributed by atoms with Gasteiger partial charge in [-0.05, 0) is 37.5 Å². The highest BCUT2D eigenvalue weighted by atomic mass is 16.2. The number of amides is 2. The fraction of sp³-hybridized carbons (Fsp3) is 0.474. The maximum absolute atomic E-state index is 12.6. The summed E-state index contributed by atoms with van der Waals surface area (Å²) in [5.74, 6) is 0. The highest BCUT2D eigenvalue weighted by Crippen LogP contribution is 2.33. The number of hydrogen-bond donors (Lipinski definition) is 1. The lowest BCUT2D eigenvalue weighted by Gasteiger charge is -2.27. The highest BCUT2D eigenvalue weighted by molar-refractivity contribution is 5.74. The Balaban J connectivity index is 1.38. The third kappa shape index (κ3) is 3.21. The molecule has 0 aliphatic carbocycles. The van der Waals surface area contributed by atoms with Gasteiger partial charge in [0.25, 0.3) is 0 Å². The van der Waals surface area contributed by atoms with Crippen LogP contribution >= 0.6 is 0 Å². The number of fused-ring (bicyclic) bond motifs is 3. The maximum Gasteiger partial charge on any atom is 0.317 e. The number of carbonyl (C=O) groups excluding carboxylic acids is 1. The van der Waals surface area contributed by atoms with Gasteiger partial charge in [-0.3, -0.25) is 4.68 Å². The van der Waals surface area contributed by atoms with Crippen LogP contribution in [0.15, 0.2) is 36.5 Å². The molecule has 0 radical (unpaired) electrons. The van der Waals surface area contributed by atoms with Crippen molar-refractivity contribution in [3.63, 3.8) is 0 Å². The summed E-state index contributed by atoms with van der Waals surface area (Å²) in [6.07, 6.45) is 3.98. The van der Waals surface area contributed by atoms with Crippen LogP contribution in [-0.2, 0) is 19.5 Å². The van der Waals surface area contributed by atoms with E-state index in [1.807, 2.05) is 21.8 Å². The molecule has 1 fully saturated rings. The van der Waals surface area contributed by atoms with Crippen molar-refractivity contribution in [2.24, 2.45) is 0 Å². The molecule has 3 heterocycles. The minimum Gasteiger partial charge on any atom is -0.366 e. The Bertz CT molecular complexity index is 756. The summed E-state index contributed by atoms with van der Waals surface area (Å²) in [6, 6.07) is 11.0. The zero-order valence-corrected chi connectivity index (χ0v) is 14.7. The molecule has 0 spiro atoms. The Morgan fingerprint density at radius 1 is 1.28 bits per heavy atom. The van der Waals surface area contributed by atoms with E-state index < -0.39 is 0 Å². The van der Waals surface area contributed by atoms with Crippen molar-refractivity contribution < 1.29 is 4.79 Å². The van der Waals surface area contributed by atoms with E-state index in [1.54, 1.807) is 0 Å². The molecule has 1 N–H and O–H groups in total. The van der Waals surface area contributed by atoms with Crippen LogP contribution in [-0.4, -0.2) is 46.4 Å².